The lowest BCUT2D eigenvalue weighted by Crippen LogP contribution is -2.62. The highest BCUT2D eigenvalue weighted by Crippen LogP contribution is 2.33. The van der Waals surface area contributed by atoms with Crippen LogP contribution in [-0.2, 0) is 24.3 Å². The van der Waals surface area contributed by atoms with Crippen LogP contribution in [0.1, 0.15) is 51.4 Å². The van der Waals surface area contributed by atoms with Crippen LogP contribution < -0.4 is 5.48 Å². The molecule has 2 amide bonds. The largest absolute Gasteiger partial charge is 0.381 e. The van der Waals surface area contributed by atoms with Crippen LogP contribution in [-0.4, -0.2) is 103 Å². The molecule has 0 unspecified atom stereocenters. The van der Waals surface area contributed by atoms with Crippen molar-refractivity contribution in [1.82, 2.24) is 19.6 Å². The number of amides is 2. The van der Waals surface area contributed by atoms with Crippen LogP contribution in [0, 0.1) is 0 Å². The average Bonchev–Trinajstić information content (AvgIpc) is 2.82. The van der Waals surface area contributed by atoms with Crippen LogP contribution in [0.25, 0.3) is 0 Å². The van der Waals surface area contributed by atoms with E-state index in [1.165, 1.54) is 10.7 Å². The fraction of sp³-hybridized carbons (Fsp3) is 0.900. The minimum absolute atomic E-state index is 0. The van der Waals surface area contributed by atoms with Crippen molar-refractivity contribution in [2.45, 2.75) is 56.1 Å². The van der Waals surface area contributed by atoms with Crippen molar-refractivity contribution in [2.75, 3.05) is 59.0 Å². The summed E-state index contributed by atoms with van der Waals surface area (Å²) in [4.78, 5) is 28.7. The number of ether oxygens (including phenoxy) is 1. The smallest absolute Gasteiger partial charge is 0.266 e. The molecule has 3 heterocycles. The number of nitrogens with one attached hydrogen (secondary N) is 1. The number of hydroxylamine groups is 1. The highest BCUT2D eigenvalue weighted by Gasteiger charge is 2.54. The van der Waals surface area contributed by atoms with E-state index in [0.717, 1.165) is 45.3 Å². The van der Waals surface area contributed by atoms with Gasteiger partial charge in [-0.15, -0.1) is 12.4 Å². The fourth-order valence-corrected chi connectivity index (χ4v) is 6.86. The molecule has 0 saturated carbocycles. The first kappa shape index (κ1) is 27.3. The van der Waals surface area contributed by atoms with Crippen LogP contribution in [0.3, 0.4) is 0 Å². The van der Waals surface area contributed by atoms with Crippen molar-refractivity contribution >= 4 is 34.2 Å². The van der Waals surface area contributed by atoms with Crippen molar-refractivity contribution < 1.29 is 28.0 Å². The Balaban J connectivity index is 0.00000363. The van der Waals surface area contributed by atoms with Crippen molar-refractivity contribution in [3.8, 4) is 0 Å². The Morgan fingerprint density at radius 3 is 2.16 bits per heavy atom. The molecule has 3 aliphatic rings. The molecule has 3 fully saturated rings. The summed E-state index contributed by atoms with van der Waals surface area (Å²) >= 11 is 0. The summed E-state index contributed by atoms with van der Waals surface area (Å²) in [6, 6.07) is 0. The molecule has 0 radical (unpaired) electrons. The Morgan fingerprint density at radius 1 is 0.938 bits per heavy atom. The topological polar surface area (TPSA) is 119 Å². The van der Waals surface area contributed by atoms with Gasteiger partial charge in [-0.2, -0.15) is 4.31 Å². The van der Waals surface area contributed by atoms with Gasteiger partial charge in [0.2, 0.25) is 15.9 Å². The van der Waals surface area contributed by atoms with Gasteiger partial charge in [-0.05, 0) is 38.6 Å². The van der Waals surface area contributed by atoms with E-state index in [2.05, 4.69) is 4.90 Å². The summed E-state index contributed by atoms with van der Waals surface area (Å²) in [7, 11) is -3.93. The molecule has 32 heavy (non-hydrogen) atoms. The number of carbonyl (C=O) groups is 2. The number of carbonyl (C=O) groups excluding carboxylic acids is 2. The van der Waals surface area contributed by atoms with Gasteiger partial charge in [0.25, 0.3) is 5.91 Å². The Labute approximate surface area is 197 Å². The molecule has 0 aliphatic carbocycles. The van der Waals surface area contributed by atoms with E-state index in [1.54, 1.807) is 5.48 Å². The number of rotatable bonds is 8. The van der Waals surface area contributed by atoms with E-state index in [-0.39, 0.29) is 44.4 Å². The first-order chi connectivity index (χ1) is 14.9. The first-order valence-corrected chi connectivity index (χ1v) is 12.9. The van der Waals surface area contributed by atoms with E-state index in [0.29, 0.717) is 32.6 Å². The van der Waals surface area contributed by atoms with Gasteiger partial charge >= 0.3 is 0 Å². The standard InChI is InChI=1S/C20H36N4O6S.ClH/c25-18(23-10-3-1-4-11-23)6-2-5-9-22-12-14-24(15-13-22)31(28,29)20(19(26)21-27)7-16-30-17-8-20;/h27H,1-17H2,(H,21,26);1H. The van der Waals surface area contributed by atoms with Crippen LogP contribution in [0.2, 0.25) is 0 Å². The highest BCUT2D eigenvalue weighted by atomic mass is 35.5. The molecule has 0 atom stereocenters. The maximum Gasteiger partial charge on any atom is 0.266 e. The van der Waals surface area contributed by atoms with Crippen molar-refractivity contribution in [2.24, 2.45) is 0 Å². The summed E-state index contributed by atoms with van der Waals surface area (Å²) in [6.07, 6.45) is 5.81. The van der Waals surface area contributed by atoms with Gasteiger partial charge in [-0.3, -0.25) is 14.8 Å². The van der Waals surface area contributed by atoms with E-state index in [4.69, 9.17) is 9.94 Å². The predicted molar refractivity (Wildman–Crippen MR) is 121 cm³/mol. The lowest BCUT2D eigenvalue weighted by Gasteiger charge is -2.41. The van der Waals surface area contributed by atoms with Gasteiger partial charge in [0.15, 0.2) is 4.75 Å². The molecule has 0 aromatic carbocycles. The van der Waals surface area contributed by atoms with Crippen molar-refractivity contribution in [3.05, 3.63) is 0 Å². The van der Waals surface area contributed by atoms with Crippen LogP contribution >= 0.6 is 12.4 Å². The molecule has 3 aliphatic heterocycles. The molecule has 0 bridgehead atoms. The number of halogens is 1. The molecule has 3 rings (SSSR count). The minimum Gasteiger partial charge on any atom is -0.381 e. The number of hydrogen-bond donors (Lipinski definition) is 2. The maximum atomic E-state index is 13.3. The van der Waals surface area contributed by atoms with Gasteiger partial charge in [0.05, 0.1) is 0 Å². The molecule has 3 saturated heterocycles. The van der Waals surface area contributed by atoms with Gasteiger partial charge in [0, 0.05) is 71.7 Å². The summed E-state index contributed by atoms with van der Waals surface area (Å²) in [5, 5.41) is 9.14. The summed E-state index contributed by atoms with van der Waals surface area (Å²) < 4.78 is 31.5. The third kappa shape index (κ3) is 6.12. The molecule has 10 nitrogen and oxygen atoms in total. The Kier molecular flexibility index (Phi) is 10.6. The van der Waals surface area contributed by atoms with Crippen molar-refractivity contribution in [1.29, 1.82) is 0 Å². The van der Waals surface area contributed by atoms with Gasteiger partial charge in [0.1, 0.15) is 0 Å². The van der Waals surface area contributed by atoms with Gasteiger partial charge in [-0.1, -0.05) is 0 Å². The zero-order valence-electron chi connectivity index (χ0n) is 18.7. The second-order valence-electron chi connectivity index (χ2n) is 8.69. The van der Waals surface area contributed by atoms with E-state index in [1.807, 2.05) is 4.90 Å². The fourth-order valence-electron chi connectivity index (χ4n) is 4.76. The normalized spacial score (nSPS) is 22.7. The third-order valence-electron chi connectivity index (χ3n) is 6.80. The zero-order valence-corrected chi connectivity index (χ0v) is 20.3. The van der Waals surface area contributed by atoms with Gasteiger partial charge in [-0.25, -0.2) is 13.9 Å². The van der Waals surface area contributed by atoms with Crippen molar-refractivity contribution in [3.63, 3.8) is 0 Å². The molecule has 2 N–H and O–H groups in total. The number of unbranched alkanes of at least 4 members (excludes halogenated alkanes) is 1. The number of piperidine rings is 1. The number of piperazine rings is 1. The average molecular weight is 497 g/mol. The summed E-state index contributed by atoms with van der Waals surface area (Å²) in [6.45, 7) is 4.75. The van der Waals surface area contributed by atoms with E-state index >= 15 is 0 Å². The molecule has 0 spiro atoms. The second kappa shape index (κ2) is 12.5. The molecular formula is C20H37ClN4O6S. The number of likely N-dealkylation sites (tertiary alicyclic amines) is 1. The Hall–Kier alpha value is -0.980. The molecule has 12 heteroatoms. The lowest BCUT2D eigenvalue weighted by atomic mass is 9.98. The van der Waals surface area contributed by atoms with Gasteiger partial charge < -0.3 is 14.5 Å². The van der Waals surface area contributed by atoms with Crippen LogP contribution in [0.15, 0.2) is 0 Å². The highest BCUT2D eigenvalue weighted by molar-refractivity contribution is 7.91. The van der Waals surface area contributed by atoms with E-state index < -0.39 is 20.7 Å². The quantitative estimate of drug-likeness (QED) is 0.287. The number of hydrogen-bond acceptors (Lipinski definition) is 7. The summed E-state index contributed by atoms with van der Waals surface area (Å²) in [5.74, 6) is -0.629. The Morgan fingerprint density at radius 2 is 1.56 bits per heavy atom. The number of sulfonamides is 1. The Bertz CT molecular complexity index is 718. The van der Waals surface area contributed by atoms with E-state index in [9.17, 15) is 18.0 Å². The minimum atomic E-state index is -3.93. The maximum absolute atomic E-state index is 13.3. The van der Waals surface area contributed by atoms with Crippen LogP contribution in [0.5, 0.6) is 0 Å². The lowest BCUT2D eigenvalue weighted by molar-refractivity contribution is -0.134. The second-order valence-corrected chi connectivity index (χ2v) is 10.9. The molecular weight excluding hydrogens is 460 g/mol. The molecule has 0 aromatic rings. The summed E-state index contributed by atoms with van der Waals surface area (Å²) in [5.41, 5.74) is 1.55. The first-order valence-electron chi connectivity index (χ1n) is 11.4. The van der Waals surface area contributed by atoms with Crippen LogP contribution in [0.4, 0.5) is 0 Å². The SMILES string of the molecule is Cl.O=C(CCCCN1CCN(S(=O)(=O)C2(C(=O)NO)CCOCC2)CC1)N1CCCCC1. The zero-order chi connectivity index (χ0) is 22.3. The third-order valence-corrected chi connectivity index (χ3v) is 9.43. The molecule has 0 aromatic heterocycles. The molecule has 186 valence electrons. The predicted octanol–water partition coefficient (Wildman–Crippen LogP) is 0.593. The number of nitrogens with zero attached hydrogens (tertiary/aromatic N) is 3. The monoisotopic (exact) mass is 496 g/mol.